The van der Waals surface area contributed by atoms with Crippen LogP contribution in [0.1, 0.15) is 42.2 Å². The molecule has 0 radical (unpaired) electrons. The van der Waals surface area contributed by atoms with Gasteiger partial charge in [-0.2, -0.15) is 0 Å². The van der Waals surface area contributed by atoms with Crippen LogP contribution < -0.4 is 10.1 Å². The summed E-state index contributed by atoms with van der Waals surface area (Å²) in [5, 5.41) is 3.10. The van der Waals surface area contributed by atoms with Crippen molar-refractivity contribution < 1.29 is 9.15 Å². The van der Waals surface area contributed by atoms with Crippen molar-refractivity contribution in [2.45, 2.75) is 39.8 Å². The summed E-state index contributed by atoms with van der Waals surface area (Å²) >= 11 is 0. The van der Waals surface area contributed by atoms with E-state index in [0.29, 0.717) is 12.5 Å². The van der Waals surface area contributed by atoms with E-state index in [4.69, 9.17) is 9.15 Å². The predicted octanol–water partition coefficient (Wildman–Crippen LogP) is 4.01. The number of hydrogen-bond donors (Lipinski definition) is 1. The van der Waals surface area contributed by atoms with Gasteiger partial charge in [-0.05, 0) is 43.1 Å². The van der Waals surface area contributed by atoms with Crippen molar-refractivity contribution in [3.8, 4) is 5.75 Å². The van der Waals surface area contributed by atoms with Crippen LogP contribution >= 0.6 is 0 Å². The van der Waals surface area contributed by atoms with Crippen LogP contribution in [0.4, 0.5) is 0 Å². The molecule has 1 heterocycles. The first-order valence-electron chi connectivity index (χ1n) is 7.04. The average molecular weight is 273 g/mol. The maximum absolute atomic E-state index is 5.89. The molecule has 0 unspecified atom stereocenters. The Morgan fingerprint density at radius 2 is 2.05 bits per heavy atom. The Hall–Kier alpha value is -1.74. The summed E-state index contributed by atoms with van der Waals surface area (Å²) in [6.45, 7) is 7.71. The zero-order chi connectivity index (χ0) is 14.5. The fourth-order valence-corrected chi connectivity index (χ4v) is 2.08. The number of ether oxygens (including phenoxy) is 1. The lowest BCUT2D eigenvalue weighted by Crippen LogP contribution is -2.03. The molecule has 0 bridgehead atoms. The highest BCUT2D eigenvalue weighted by Crippen LogP contribution is 2.25. The lowest BCUT2D eigenvalue weighted by molar-refractivity contribution is 0.268. The van der Waals surface area contributed by atoms with Gasteiger partial charge in [-0.1, -0.05) is 26.0 Å². The first kappa shape index (κ1) is 14.7. The maximum atomic E-state index is 5.89. The van der Waals surface area contributed by atoms with Gasteiger partial charge >= 0.3 is 0 Å². The summed E-state index contributed by atoms with van der Waals surface area (Å²) in [6, 6.07) is 8.42. The fraction of sp³-hybridized carbons (Fsp3) is 0.412. The van der Waals surface area contributed by atoms with E-state index < -0.39 is 0 Å². The third-order valence-corrected chi connectivity index (χ3v) is 3.34. The van der Waals surface area contributed by atoms with Crippen molar-refractivity contribution in [2.75, 3.05) is 7.05 Å². The Balaban J connectivity index is 2.04. The molecule has 0 fully saturated rings. The summed E-state index contributed by atoms with van der Waals surface area (Å²) in [7, 11) is 1.92. The second kappa shape index (κ2) is 6.62. The third kappa shape index (κ3) is 3.64. The van der Waals surface area contributed by atoms with Crippen LogP contribution in [-0.2, 0) is 13.2 Å². The van der Waals surface area contributed by atoms with Gasteiger partial charge in [-0.15, -0.1) is 0 Å². The SMILES string of the molecule is CNCc1coc(COc2cc(C(C)C)ccc2C)c1. The van der Waals surface area contributed by atoms with Gasteiger partial charge in [0.25, 0.3) is 0 Å². The Morgan fingerprint density at radius 1 is 1.25 bits per heavy atom. The van der Waals surface area contributed by atoms with Crippen LogP contribution in [0, 0.1) is 6.92 Å². The van der Waals surface area contributed by atoms with Crippen LogP contribution in [-0.4, -0.2) is 7.05 Å². The molecule has 0 aliphatic heterocycles. The Labute approximate surface area is 121 Å². The van der Waals surface area contributed by atoms with Gasteiger partial charge < -0.3 is 14.5 Å². The van der Waals surface area contributed by atoms with Crippen LogP contribution in [0.15, 0.2) is 34.9 Å². The molecule has 2 rings (SSSR count). The Bertz CT molecular complexity index is 558. The molecule has 1 N–H and O–H groups in total. The first-order chi connectivity index (χ1) is 9.60. The highest BCUT2D eigenvalue weighted by atomic mass is 16.5. The second-order valence-electron chi connectivity index (χ2n) is 5.42. The summed E-state index contributed by atoms with van der Waals surface area (Å²) in [5.41, 5.74) is 3.58. The second-order valence-corrected chi connectivity index (χ2v) is 5.42. The average Bonchev–Trinajstić information content (AvgIpc) is 2.86. The Kier molecular flexibility index (Phi) is 4.85. The molecular weight excluding hydrogens is 250 g/mol. The van der Waals surface area contributed by atoms with Gasteiger partial charge in [0.2, 0.25) is 0 Å². The number of furan rings is 1. The van der Waals surface area contributed by atoms with E-state index in [-0.39, 0.29) is 0 Å². The molecule has 1 aromatic carbocycles. The minimum Gasteiger partial charge on any atom is -0.485 e. The molecule has 20 heavy (non-hydrogen) atoms. The lowest BCUT2D eigenvalue weighted by atomic mass is 10.0. The number of nitrogens with one attached hydrogen (secondary N) is 1. The molecule has 0 saturated heterocycles. The zero-order valence-electron chi connectivity index (χ0n) is 12.7. The van der Waals surface area contributed by atoms with E-state index in [1.165, 1.54) is 5.56 Å². The molecule has 108 valence electrons. The molecule has 3 heteroatoms. The topological polar surface area (TPSA) is 34.4 Å². The minimum atomic E-state index is 0.464. The highest BCUT2D eigenvalue weighted by Gasteiger charge is 2.07. The highest BCUT2D eigenvalue weighted by molar-refractivity contribution is 5.37. The lowest BCUT2D eigenvalue weighted by Gasteiger charge is -2.12. The molecule has 0 atom stereocenters. The van der Waals surface area contributed by atoms with Crippen molar-refractivity contribution in [3.05, 3.63) is 53.0 Å². The van der Waals surface area contributed by atoms with Crippen LogP contribution in [0.3, 0.4) is 0 Å². The van der Waals surface area contributed by atoms with Crippen molar-refractivity contribution in [1.82, 2.24) is 5.32 Å². The van der Waals surface area contributed by atoms with Gasteiger partial charge in [0.05, 0.1) is 6.26 Å². The standard InChI is InChI=1S/C17H23NO2/c1-12(2)15-6-5-13(3)17(8-15)20-11-16-7-14(9-18-4)10-19-16/h5-8,10,12,18H,9,11H2,1-4H3. The van der Waals surface area contributed by atoms with E-state index in [1.807, 2.05) is 13.1 Å². The Morgan fingerprint density at radius 3 is 2.75 bits per heavy atom. The van der Waals surface area contributed by atoms with E-state index in [2.05, 4.69) is 44.3 Å². The summed E-state index contributed by atoms with van der Waals surface area (Å²) in [6.07, 6.45) is 1.77. The van der Waals surface area contributed by atoms with Crippen molar-refractivity contribution in [3.63, 3.8) is 0 Å². The fourth-order valence-electron chi connectivity index (χ4n) is 2.08. The van der Waals surface area contributed by atoms with E-state index in [0.717, 1.165) is 29.2 Å². The number of aryl methyl sites for hydroxylation is 1. The van der Waals surface area contributed by atoms with Crippen molar-refractivity contribution >= 4 is 0 Å². The maximum Gasteiger partial charge on any atom is 0.146 e. The van der Waals surface area contributed by atoms with E-state index >= 15 is 0 Å². The molecule has 0 aliphatic rings. The predicted molar refractivity (Wildman–Crippen MR) is 81.1 cm³/mol. The summed E-state index contributed by atoms with van der Waals surface area (Å²) in [4.78, 5) is 0. The molecule has 0 aliphatic carbocycles. The molecule has 3 nitrogen and oxygen atoms in total. The molecule has 0 spiro atoms. The number of hydrogen-bond acceptors (Lipinski definition) is 3. The number of benzene rings is 1. The van der Waals surface area contributed by atoms with Crippen molar-refractivity contribution in [2.24, 2.45) is 0 Å². The van der Waals surface area contributed by atoms with Crippen LogP contribution in [0.2, 0.25) is 0 Å². The van der Waals surface area contributed by atoms with Crippen LogP contribution in [0.5, 0.6) is 5.75 Å². The van der Waals surface area contributed by atoms with Crippen LogP contribution in [0.25, 0.3) is 0 Å². The molecule has 0 saturated carbocycles. The normalized spacial score (nSPS) is 11.1. The van der Waals surface area contributed by atoms with Crippen molar-refractivity contribution in [1.29, 1.82) is 0 Å². The smallest absolute Gasteiger partial charge is 0.146 e. The van der Waals surface area contributed by atoms with Gasteiger partial charge in [0.15, 0.2) is 0 Å². The number of rotatable bonds is 6. The van der Waals surface area contributed by atoms with Gasteiger partial charge in [-0.3, -0.25) is 0 Å². The zero-order valence-corrected chi connectivity index (χ0v) is 12.7. The van der Waals surface area contributed by atoms with Gasteiger partial charge in [-0.25, -0.2) is 0 Å². The van der Waals surface area contributed by atoms with E-state index in [1.54, 1.807) is 6.26 Å². The first-order valence-corrected chi connectivity index (χ1v) is 7.04. The minimum absolute atomic E-state index is 0.464. The molecule has 0 amide bonds. The third-order valence-electron chi connectivity index (χ3n) is 3.34. The van der Waals surface area contributed by atoms with Gasteiger partial charge in [0.1, 0.15) is 18.1 Å². The van der Waals surface area contributed by atoms with Gasteiger partial charge in [0, 0.05) is 12.1 Å². The largest absolute Gasteiger partial charge is 0.485 e. The molecular formula is C17H23NO2. The monoisotopic (exact) mass is 273 g/mol. The molecule has 2 aromatic rings. The summed E-state index contributed by atoms with van der Waals surface area (Å²) < 4.78 is 11.4. The van der Waals surface area contributed by atoms with E-state index in [9.17, 15) is 0 Å². The summed E-state index contributed by atoms with van der Waals surface area (Å²) in [5.74, 6) is 2.29. The quantitative estimate of drug-likeness (QED) is 0.863. The molecule has 1 aromatic heterocycles.